The summed E-state index contributed by atoms with van der Waals surface area (Å²) in [6, 6.07) is 6.10. The summed E-state index contributed by atoms with van der Waals surface area (Å²) in [5.41, 5.74) is 7.93. The summed E-state index contributed by atoms with van der Waals surface area (Å²) in [4.78, 5) is 14.5. The molecule has 1 amide bonds. The molecule has 0 unspecified atom stereocenters. The molecule has 1 fully saturated rings. The molecule has 2 N–H and O–H groups in total. The number of nitrogens with zero attached hydrogens (tertiary/aromatic N) is 1. The van der Waals surface area contributed by atoms with Gasteiger partial charge in [-0.1, -0.05) is 28.8 Å². The first-order chi connectivity index (χ1) is 8.60. The third-order valence-electron chi connectivity index (χ3n) is 4.10. The van der Waals surface area contributed by atoms with E-state index in [1.807, 2.05) is 17.0 Å². The summed E-state index contributed by atoms with van der Waals surface area (Å²) >= 11 is 3.47. The van der Waals surface area contributed by atoms with E-state index < -0.39 is 5.54 Å². The molecule has 1 heterocycles. The minimum Gasteiger partial charge on any atom is -0.317 e. The quantitative estimate of drug-likeness (QED) is 0.850. The normalized spacial score (nSPS) is 20.0. The number of fused-ring (bicyclic) bond motifs is 1. The Labute approximate surface area is 128 Å². The van der Waals surface area contributed by atoms with Crippen LogP contribution in [0, 0.1) is 0 Å². The van der Waals surface area contributed by atoms with E-state index in [1.165, 1.54) is 5.56 Å². The van der Waals surface area contributed by atoms with Crippen LogP contribution in [0.25, 0.3) is 0 Å². The number of carbonyl (C=O) groups is 1. The van der Waals surface area contributed by atoms with Gasteiger partial charge in [0.05, 0.1) is 5.54 Å². The van der Waals surface area contributed by atoms with Gasteiger partial charge >= 0.3 is 0 Å². The van der Waals surface area contributed by atoms with Gasteiger partial charge in [0, 0.05) is 16.7 Å². The van der Waals surface area contributed by atoms with Gasteiger partial charge in [0.25, 0.3) is 0 Å². The van der Waals surface area contributed by atoms with Gasteiger partial charge in [0.1, 0.15) is 0 Å². The Kier molecular flexibility index (Phi) is 4.23. The van der Waals surface area contributed by atoms with Crippen molar-refractivity contribution in [3.8, 4) is 0 Å². The van der Waals surface area contributed by atoms with E-state index in [-0.39, 0.29) is 18.3 Å². The Morgan fingerprint density at radius 1 is 1.32 bits per heavy atom. The predicted octanol–water partition coefficient (Wildman–Crippen LogP) is 3.03. The van der Waals surface area contributed by atoms with Crippen molar-refractivity contribution in [3.05, 3.63) is 28.2 Å². The molecule has 0 saturated heterocycles. The summed E-state index contributed by atoms with van der Waals surface area (Å²) in [5, 5.41) is 0. The summed E-state index contributed by atoms with van der Waals surface area (Å²) in [7, 11) is 0. The molecule has 19 heavy (non-hydrogen) atoms. The van der Waals surface area contributed by atoms with Gasteiger partial charge in [0.2, 0.25) is 5.91 Å². The van der Waals surface area contributed by atoms with Crippen LogP contribution >= 0.6 is 28.3 Å². The van der Waals surface area contributed by atoms with Gasteiger partial charge in [-0.3, -0.25) is 4.79 Å². The average Bonchev–Trinajstić information content (AvgIpc) is 2.95. The van der Waals surface area contributed by atoms with Crippen molar-refractivity contribution in [1.82, 2.24) is 0 Å². The number of benzene rings is 1. The second-order valence-electron chi connectivity index (χ2n) is 5.34. The molecule has 1 aliphatic carbocycles. The largest absolute Gasteiger partial charge is 0.317 e. The number of nitrogens with two attached hydrogens (primary N) is 1. The number of anilines is 1. The number of amides is 1. The van der Waals surface area contributed by atoms with Gasteiger partial charge in [-0.15, -0.1) is 12.4 Å². The van der Waals surface area contributed by atoms with E-state index in [1.54, 1.807) is 0 Å². The van der Waals surface area contributed by atoms with Crippen LogP contribution in [0.5, 0.6) is 0 Å². The van der Waals surface area contributed by atoms with Crippen LogP contribution in [0.1, 0.15) is 31.2 Å². The zero-order valence-corrected chi connectivity index (χ0v) is 13.1. The fourth-order valence-corrected chi connectivity index (χ4v) is 3.48. The summed E-state index contributed by atoms with van der Waals surface area (Å²) in [6.07, 6.45) is 4.73. The van der Waals surface area contributed by atoms with Gasteiger partial charge < -0.3 is 10.6 Å². The van der Waals surface area contributed by atoms with Gasteiger partial charge in [-0.2, -0.15) is 0 Å². The van der Waals surface area contributed by atoms with Crippen molar-refractivity contribution in [2.45, 2.75) is 37.6 Å². The third-order valence-corrected chi connectivity index (χ3v) is 4.60. The molecule has 0 bridgehead atoms. The molecule has 1 aliphatic heterocycles. The lowest BCUT2D eigenvalue weighted by Crippen LogP contribution is -2.53. The molecule has 1 aromatic rings. The zero-order chi connectivity index (χ0) is 12.8. The lowest BCUT2D eigenvalue weighted by Gasteiger charge is -2.29. The zero-order valence-electron chi connectivity index (χ0n) is 10.7. The molecule has 104 valence electrons. The first-order valence-electron chi connectivity index (χ1n) is 6.49. The minimum absolute atomic E-state index is 0. The van der Waals surface area contributed by atoms with Crippen LogP contribution in [0.4, 0.5) is 5.69 Å². The number of carbonyl (C=O) groups excluding carboxylic acids is 1. The number of halogens is 2. The number of hydrogen-bond donors (Lipinski definition) is 1. The second kappa shape index (κ2) is 5.43. The highest BCUT2D eigenvalue weighted by Gasteiger charge is 2.41. The maximum absolute atomic E-state index is 12.6. The molecule has 3 nitrogen and oxygen atoms in total. The lowest BCUT2D eigenvalue weighted by atomic mass is 9.97. The molecule has 0 spiro atoms. The van der Waals surface area contributed by atoms with E-state index >= 15 is 0 Å². The average molecular weight is 346 g/mol. The molecule has 5 heteroatoms. The molecule has 2 aliphatic rings. The van der Waals surface area contributed by atoms with E-state index in [2.05, 4.69) is 22.0 Å². The summed E-state index contributed by atoms with van der Waals surface area (Å²) in [5.74, 6) is 0.112. The van der Waals surface area contributed by atoms with Crippen molar-refractivity contribution in [2.75, 3.05) is 11.4 Å². The third kappa shape index (κ3) is 2.54. The highest BCUT2D eigenvalue weighted by atomic mass is 79.9. The van der Waals surface area contributed by atoms with Crippen molar-refractivity contribution < 1.29 is 4.79 Å². The van der Waals surface area contributed by atoms with Crippen molar-refractivity contribution in [1.29, 1.82) is 0 Å². The molecule has 0 aromatic heterocycles. The second-order valence-corrected chi connectivity index (χ2v) is 6.26. The molecule has 3 rings (SSSR count). The van der Waals surface area contributed by atoms with Gasteiger partial charge in [-0.25, -0.2) is 0 Å². The standard InChI is InChI=1S/C14H17BrN2O.ClH/c15-11-3-4-12-10(9-11)5-8-17(12)13(18)14(16)6-1-2-7-14;/h3-4,9H,1-2,5-8,16H2;1H. The Balaban J connectivity index is 0.00000133. The summed E-state index contributed by atoms with van der Waals surface area (Å²) < 4.78 is 1.07. The highest BCUT2D eigenvalue weighted by molar-refractivity contribution is 9.10. The molecular formula is C14H18BrClN2O. The van der Waals surface area contributed by atoms with Gasteiger partial charge in [-0.05, 0) is 43.0 Å². The van der Waals surface area contributed by atoms with Crippen molar-refractivity contribution in [2.24, 2.45) is 5.73 Å². The fraction of sp³-hybridized carbons (Fsp3) is 0.500. The molecule has 1 saturated carbocycles. The Bertz CT molecular complexity index is 500. The topological polar surface area (TPSA) is 46.3 Å². The van der Waals surface area contributed by atoms with E-state index in [9.17, 15) is 4.79 Å². The van der Waals surface area contributed by atoms with Crippen LogP contribution < -0.4 is 10.6 Å². The smallest absolute Gasteiger partial charge is 0.247 e. The highest BCUT2D eigenvalue weighted by Crippen LogP contribution is 2.35. The first-order valence-corrected chi connectivity index (χ1v) is 7.29. The Morgan fingerprint density at radius 2 is 2.00 bits per heavy atom. The summed E-state index contributed by atoms with van der Waals surface area (Å²) in [6.45, 7) is 0.767. The monoisotopic (exact) mass is 344 g/mol. The number of rotatable bonds is 1. The number of hydrogen-bond acceptors (Lipinski definition) is 2. The Hall–Kier alpha value is -0.580. The van der Waals surface area contributed by atoms with Crippen LogP contribution in [0.15, 0.2) is 22.7 Å². The molecular weight excluding hydrogens is 328 g/mol. The van der Waals surface area contributed by atoms with Crippen LogP contribution in [-0.4, -0.2) is 18.0 Å². The van der Waals surface area contributed by atoms with Crippen LogP contribution in [0.3, 0.4) is 0 Å². The minimum atomic E-state index is -0.616. The maximum atomic E-state index is 12.6. The van der Waals surface area contributed by atoms with Crippen LogP contribution in [-0.2, 0) is 11.2 Å². The SMILES string of the molecule is Cl.NC1(C(=O)N2CCc3cc(Br)ccc32)CCCC1. The Morgan fingerprint density at radius 3 is 2.68 bits per heavy atom. The van der Waals surface area contributed by atoms with Crippen molar-refractivity contribution >= 4 is 39.9 Å². The van der Waals surface area contributed by atoms with E-state index in [0.717, 1.165) is 48.8 Å². The maximum Gasteiger partial charge on any atom is 0.247 e. The fourth-order valence-electron chi connectivity index (χ4n) is 3.07. The van der Waals surface area contributed by atoms with Gasteiger partial charge in [0.15, 0.2) is 0 Å². The first kappa shape index (κ1) is 14.8. The van der Waals surface area contributed by atoms with E-state index in [4.69, 9.17) is 5.73 Å². The lowest BCUT2D eigenvalue weighted by molar-refractivity contribution is -0.123. The van der Waals surface area contributed by atoms with Crippen LogP contribution in [0.2, 0.25) is 0 Å². The van der Waals surface area contributed by atoms with Crippen molar-refractivity contribution in [3.63, 3.8) is 0 Å². The van der Waals surface area contributed by atoms with E-state index in [0.29, 0.717) is 0 Å². The molecule has 1 aromatic carbocycles. The molecule has 0 atom stereocenters. The molecule has 0 radical (unpaired) electrons. The predicted molar refractivity (Wildman–Crippen MR) is 82.8 cm³/mol.